The summed E-state index contributed by atoms with van der Waals surface area (Å²) in [4.78, 5) is 48.5. The zero-order valence-corrected chi connectivity index (χ0v) is 47.9. The highest BCUT2D eigenvalue weighted by molar-refractivity contribution is 7.47. The van der Waals surface area contributed by atoms with E-state index in [-0.39, 0.29) is 25.9 Å². The van der Waals surface area contributed by atoms with Crippen LogP contribution >= 0.6 is 7.82 Å². The van der Waals surface area contributed by atoms with Gasteiger partial charge >= 0.3 is 25.7 Å². The maximum atomic E-state index is 12.9. The normalized spacial score (nSPS) is 14.0. The van der Waals surface area contributed by atoms with Crippen LogP contribution in [0.5, 0.6) is 0 Å². The number of carbonyl (C=O) groups excluding carboxylic acids is 3. The Hall–Kier alpha value is -3.34. The molecule has 0 aliphatic carbocycles. The minimum atomic E-state index is -4.77. The molecule has 0 spiro atoms. The first-order chi connectivity index (χ1) is 36.2. The van der Waals surface area contributed by atoms with Gasteiger partial charge in [0.05, 0.1) is 19.8 Å². The summed E-state index contributed by atoms with van der Waals surface area (Å²) in [5, 5.41) is 9.81. The van der Waals surface area contributed by atoms with Crippen LogP contribution < -0.4 is 0 Å². The SMILES string of the molecule is CC/C=C\C/C=C\C/C=C\C/C=C\CCC(=O)OCC(COP(=O)(O)OCC(CO)OC(=O)CCCCCCC/C=C\C/C=C\CCCCC)OC(=O)CCCCCCCCCCC/C=C\CCCCCCCC. The Morgan fingerprint density at radius 3 is 1.18 bits per heavy atom. The number of hydrogen-bond donors (Lipinski definition) is 2. The van der Waals surface area contributed by atoms with Gasteiger partial charge < -0.3 is 24.2 Å². The standard InChI is InChI=1S/C62H107O11P/c1-4-7-10-13-16-19-22-25-27-28-29-30-32-35-38-41-44-47-50-53-62(66)73-59(55-69-60(64)51-48-45-42-39-36-33-24-21-18-15-12-9-6-3)57-71-74(67,68)70-56-58(54-63)72-61(65)52-49-46-43-40-37-34-31-26-23-20-17-14-11-8-5-2/h9,12,17-18,20-21,25-27,31,33,36,42,45,58-59,63H,4-8,10-11,13-16,19,22-24,28-30,32,34-35,37-41,43-44,46-57H2,1-3H3,(H,67,68)/b12-9-,20-17-,21-18-,27-25-,31-26-,36-33-,45-42-. The summed E-state index contributed by atoms with van der Waals surface area (Å²) < 4.78 is 39.4. The van der Waals surface area contributed by atoms with E-state index < -0.39 is 57.8 Å². The van der Waals surface area contributed by atoms with Gasteiger partial charge in [0.15, 0.2) is 6.10 Å². The zero-order valence-electron chi connectivity index (χ0n) is 47.0. The van der Waals surface area contributed by atoms with Gasteiger partial charge in [-0.1, -0.05) is 215 Å². The van der Waals surface area contributed by atoms with Crippen molar-refractivity contribution in [2.75, 3.05) is 26.4 Å². The Morgan fingerprint density at radius 1 is 0.392 bits per heavy atom. The van der Waals surface area contributed by atoms with Crippen molar-refractivity contribution in [3.8, 4) is 0 Å². The van der Waals surface area contributed by atoms with E-state index >= 15 is 0 Å². The fourth-order valence-electron chi connectivity index (χ4n) is 7.81. The molecule has 0 aliphatic rings. The first kappa shape index (κ1) is 70.7. The Morgan fingerprint density at radius 2 is 0.730 bits per heavy atom. The number of carbonyl (C=O) groups is 3. The molecule has 0 aromatic rings. The molecule has 0 amide bonds. The highest BCUT2D eigenvalue weighted by atomic mass is 31.2. The maximum absolute atomic E-state index is 12.9. The molecular formula is C62H107O11P. The van der Waals surface area contributed by atoms with Crippen LogP contribution in [0.1, 0.15) is 252 Å². The van der Waals surface area contributed by atoms with Crippen molar-refractivity contribution in [2.45, 2.75) is 264 Å². The molecule has 3 unspecified atom stereocenters. The molecular weight excluding hydrogens is 952 g/mol. The molecule has 0 saturated carbocycles. The van der Waals surface area contributed by atoms with Crippen molar-refractivity contribution in [1.29, 1.82) is 0 Å². The second kappa shape index (κ2) is 55.9. The van der Waals surface area contributed by atoms with E-state index in [0.717, 1.165) is 89.9 Å². The zero-order chi connectivity index (χ0) is 54.1. The lowest BCUT2D eigenvalue weighted by atomic mass is 10.1. The van der Waals surface area contributed by atoms with Crippen LogP contribution in [0, 0.1) is 0 Å². The van der Waals surface area contributed by atoms with Crippen LogP contribution in [0.15, 0.2) is 85.1 Å². The second-order valence-corrected chi connectivity index (χ2v) is 20.9. The molecule has 0 heterocycles. The first-order valence-electron chi connectivity index (χ1n) is 29.5. The van der Waals surface area contributed by atoms with Gasteiger partial charge in [0.1, 0.15) is 12.7 Å². The van der Waals surface area contributed by atoms with Crippen molar-refractivity contribution in [3.05, 3.63) is 85.1 Å². The molecule has 11 nitrogen and oxygen atoms in total. The second-order valence-electron chi connectivity index (χ2n) is 19.4. The third-order valence-electron chi connectivity index (χ3n) is 12.3. The van der Waals surface area contributed by atoms with Gasteiger partial charge in [0.25, 0.3) is 0 Å². The largest absolute Gasteiger partial charge is 0.472 e. The molecule has 0 saturated heterocycles. The molecule has 0 rings (SSSR count). The third kappa shape index (κ3) is 53.5. The van der Waals surface area contributed by atoms with Gasteiger partial charge in [-0.25, -0.2) is 4.57 Å². The number of hydrogen-bond acceptors (Lipinski definition) is 10. The lowest BCUT2D eigenvalue weighted by Crippen LogP contribution is -2.30. The van der Waals surface area contributed by atoms with E-state index in [2.05, 4.69) is 93.7 Å². The quantitative estimate of drug-likeness (QED) is 0.0197. The van der Waals surface area contributed by atoms with Crippen molar-refractivity contribution in [3.63, 3.8) is 0 Å². The van der Waals surface area contributed by atoms with Crippen molar-refractivity contribution in [2.24, 2.45) is 0 Å². The smallest absolute Gasteiger partial charge is 0.462 e. The molecule has 0 aliphatic heterocycles. The van der Waals surface area contributed by atoms with Crippen LogP contribution in [-0.2, 0) is 42.2 Å². The van der Waals surface area contributed by atoms with Crippen molar-refractivity contribution in [1.82, 2.24) is 0 Å². The molecule has 12 heteroatoms. The van der Waals surface area contributed by atoms with E-state index in [1.807, 2.05) is 12.2 Å². The monoisotopic (exact) mass is 1060 g/mol. The Balaban J connectivity index is 4.77. The molecule has 0 aromatic heterocycles. The summed E-state index contributed by atoms with van der Waals surface area (Å²) in [6, 6.07) is 0. The fourth-order valence-corrected chi connectivity index (χ4v) is 8.59. The summed E-state index contributed by atoms with van der Waals surface area (Å²) >= 11 is 0. The van der Waals surface area contributed by atoms with Gasteiger partial charge in [-0.05, 0) is 103 Å². The summed E-state index contributed by atoms with van der Waals surface area (Å²) in [6.07, 6.45) is 64.2. The molecule has 2 N–H and O–H groups in total. The number of phosphoric acid groups is 1. The van der Waals surface area contributed by atoms with Gasteiger partial charge in [-0.15, -0.1) is 0 Å². The molecule has 426 valence electrons. The minimum absolute atomic E-state index is 0.102. The minimum Gasteiger partial charge on any atom is -0.462 e. The van der Waals surface area contributed by atoms with Crippen LogP contribution in [0.2, 0.25) is 0 Å². The highest BCUT2D eigenvalue weighted by Crippen LogP contribution is 2.43. The van der Waals surface area contributed by atoms with E-state index in [9.17, 15) is 28.9 Å². The Kier molecular flexibility index (Phi) is 53.4. The molecule has 74 heavy (non-hydrogen) atoms. The molecule has 0 fully saturated rings. The highest BCUT2D eigenvalue weighted by Gasteiger charge is 2.28. The van der Waals surface area contributed by atoms with E-state index in [1.165, 1.54) is 103 Å². The predicted octanol–water partition coefficient (Wildman–Crippen LogP) is 17.5. The summed E-state index contributed by atoms with van der Waals surface area (Å²) in [7, 11) is -4.77. The number of esters is 3. The fraction of sp³-hybridized carbons (Fsp3) is 0.726. The molecule has 0 radical (unpaired) electrons. The topological polar surface area (TPSA) is 155 Å². The number of allylic oxidation sites excluding steroid dienone is 14. The van der Waals surface area contributed by atoms with Crippen LogP contribution in [-0.4, -0.2) is 66.5 Å². The van der Waals surface area contributed by atoms with Crippen molar-refractivity contribution < 1.29 is 52.2 Å². The number of unbranched alkanes of at least 4 members (excludes halogenated alkanes) is 23. The van der Waals surface area contributed by atoms with Gasteiger partial charge in [-0.2, -0.15) is 0 Å². The first-order valence-corrected chi connectivity index (χ1v) is 31.0. The third-order valence-corrected chi connectivity index (χ3v) is 13.2. The average Bonchev–Trinajstić information content (AvgIpc) is 3.39. The van der Waals surface area contributed by atoms with Gasteiger partial charge in [0.2, 0.25) is 0 Å². The van der Waals surface area contributed by atoms with Gasteiger partial charge in [-0.3, -0.25) is 23.4 Å². The van der Waals surface area contributed by atoms with Crippen LogP contribution in [0.3, 0.4) is 0 Å². The summed E-state index contributed by atoms with van der Waals surface area (Å²) in [5.41, 5.74) is 0. The lowest BCUT2D eigenvalue weighted by Gasteiger charge is -2.21. The average molecular weight is 1060 g/mol. The number of rotatable bonds is 54. The lowest BCUT2D eigenvalue weighted by molar-refractivity contribution is -0.161. The predicted molar refractivity (Wildman–Crippen MR) is 307 cm³/mol. The number of aliphatic hydroxyl groups is 1. The van der Waals surface area contributed by atoms with Crippen molar-refractivity contribution >= 4 is 25.7 Å². The maximum Gasteiger partial charge on any atom is 0.472 e. The Labute approximate surface area is 451 Å². The number of aliphatic hydroxyl groups excluding tert-OH is 1. The van der Waals surface area contributed by atoms with E-state index in [4.69, 9.17) is 23.3 Å². The van der Waals surface area contributed by atoms with Crippen LogP contribution in [0.25, 0.3) is 0 Å². The van der Waals surface area contributed by atoms with E-state index in [0.29, 0.717) is 19.3 Å². The Bertz CT molecular complexity index is 1560. The molecule has 3 atom stereocenters. The van der Waals surface area contributed by atoms with Crippen LogP contribution in [0.4, 0.5) is 0 Å². The summed E-state index contributed by atoms with van der Waals surface area (Å²) in [5.74, 6) is -1.58. The van der Waals surface area contributed by atoms with E-state index in [1.54, 1.807) is 0 Å². The number of ether oxygens (including phenoxy) is 3. The summed E-state index contributed by atoms with van der Waals surface area (Å²) in [6.45, 7) is 4.41. The molecule has 0 bridgehead atoms. The number of phosphoric ester groups is 1. The van der Waals surface area contributed by atoms with Gasteiger partial charge in [0, 0.05) is 19.3 Å². The molecule has 0 aromatic carbocycles.